The lowest BCUT2D eigenvalue weighted by Gasteiger charge is -2.21. The molecule has 2 aliphatic rings. The highest BCUT2D eigenvalue weighted by atomic mass is 16.5. The molecule has 0 atom stereocenters. The quantitative estimate of drug-likeness (QED) is 0.588. The van der Waals surface area contributed by atoms with Crippen LogP contribution in [0.15, 0.2) is 109 Å². The SMILES string of the molecule is C=C1/C=C\C=C/COc2c1cccc2-c1ccc(N(C)C2=CCC=CC=C2)cc1. The van der Waals surface area contributed by atoms with Crippen molar-refractivity contribution in [2.24, 2.45) is 0 Å². The fourth-order valence-corrected chi connectivity index (χ4v) is 3.53. The second kappa shape index (κ2) is 8.66. The largest absolute Gasteiger partial charge is 0.488 e. The summed E-state index contributed by atoms with van der Waals surface area (Å²) in [6.45, 7) is 4.74. The van der Waals surface area contributed by atoms with Crippen LogP contribution in [0.5, 0.6) is 5.75 Å². The first-order valence-electron chi connectivity index (χ1n) is 9.90. The fourth-order valence-electron chi connectivity index (χ4n) is 3.53. The Bertz CT molecular complexity index is 1050. The highest BCUT2D eigenvalue weighted by Crippen LogP contribution is 2.38. The number of nitrogens with zero attached hydrogens (tertiary/aromatic N) is 1. The molecule has 2 aromatic carbocycles. The van der Waals surface area contributed by atoms with Crippen molar-refractivity contribution in [2.75, 3.05) is 18.6 Å². The Morgan fingerprint density at radius 2 is 1.62 bits per heavy atom. The molecule has 2 heteroatoms. The van der Waals surface area contributed by atoms with E-state index in [2.05, 4.69) is 91.4 Å². The molecule has 0 spiro atoms. The minimum absolute atomic E-state index is 0.539. The third kappa shape index (κ3) is 4.17. The van der Waals surface area contributed by atoms with Gasteiger partial charge in [-0.3, -0.25) is 0 Å². The smallest absolute Gasteiger partial charge is 0.135 e. The van der Waals surface area contributed by atoms with Crippen molar-refractivity contribution in [2.45, 2.75) is 6.42 Å². The van der Waals surface area contributed by atoms with Gasteiger partial charge in [-0.2, -0.15) is 0 Å². The normalized spacial score (nSPS) is 17.7. The highest BCUT2D eigenvalue weighted by molar-refractivity contribution is 5.84. The number of hydrogen-bond donors (Lipinski definition) is 0. The van der Waals surface area contributed by atoms with Crippen LogP contribution in [-0.2, 0) is 0 Å². The topological polar surface area (TPSA) is 12.5 Å². The molecule has 0 fully saturated rings. The van der Waals surface area contributed by atoms with Crippen molar-refractivity contribution >= 4 is 11.3 Å². The van der Waals surface area contributed by atoms with Crippen LogP contribution in [0.25, 0.3) is 16.7 Å². The van der Waals surface area contributed by atoms with E-state index in [1.54, 1.807) is 0 Å². The monoisotopic (exact) mass is 379 g/mol. The zero-order chi connectivity index (χ0) is 20.1. The Labute approximate surface area is 173 Å². The number of rotatable bonds is 3. The molecular formula is C27H25NO. The van der Waals surface area contributed by atoms with Gasteiger partial charge in [0.05, 0.1) is 0 Å². The first-order valence-corrected chi connectivity index (χ1v) is 9.90. The predicted octanol–water partition coefficient (Wildman–Crippen LogP) is 6.71. The molecule has 29 heavy (non-hydrogen) atoms. The number of ether oxygens (including phenoxy) is 1. The molecule has 0 amide bonds. The van der Waals surface area contributed by atoms with Crippen molar-refractivity contribution in [1.29, 1.82) is 0 Å². The van der Waals surface area contributed by atoms with Crippen LogP contribution < -0.4 is 9.64 Å². The predicted molar refractivity (Wildman–Crippen MR) is 124 cm³/mol. The number of allylic oxidation sites excluding steroid dienone is 9. The second-order valence-corrected chi connectivity index (χ2v) is 7.06. The van der Waals surface area contributed by atoms with Gasteiger partial charge in [-0.1, -0.05) is 79.4 Å². The molecule has 1 aliphatic heterocycles. The van der Waals surface area contributed by atoms with E-state index in [1.807, 2.05) is 24.3 Å². The van der Waals surface area contributed by atoms with E-state index in [0.717, 1.165) is 40.1 Å². The number of hydrogen-bond acceptors (Lipinski definition) is 2. The maximum atomic E-state index is 6.13. The van der Waals surface area contributed by atoms with Gasteiger partial charge in [-0.15, -0.1) is 0 Å². The molecule has 0 aromatic heterocycles. The summed E-state index contributed by atoms with van der Waals surface area (Å²) < 4.78 is 6.13. The molecule has 1 aliphatic carbocycles. The van der Waals surface area contributed by atoms with E-state index < -0.39 is 0 Å². The zero-order valence-corrected chi connectivity index (χ0v) is 16.7. The molecule has 2 nitrogen and oxygen atoms in total. The average Bonchev–Trinajstić information content (AvgIpc) is 3.00. The first-order chi connectivity index (χ1) is 14.2. The fraction of sp³-hybridized carbons (Fsp3) is 0.111. The van der Waals surface area contributed by atoms with Gasteiger partial charge in [-0.05, 0) is 41.8 Å². The van der Waals surface area contributed by atoms with Crippen LogP contribution >= 0.6 is 0 Å². The Morgan fingerprint density at radius 1 is 0.862 bits per heavy atom. The van der Waals surface area contributed by atoms with E-state index in [-0.39, 0.29) is 0 Å². The summed E-state index contributed by atoms with van der Waals surface area (Å²) in [5.74, 6) is 0.885. The number of para-hydroxylation sites is 1. The van der Waals surface area contributed by atoms with Crippen molar-refractivity contribution in [3.05, 3.63) is 115 Å². The number of fused-ring (bicyclic) bond motifs is 1. The molecule has 2 aromatic rings. The van der Waals surface area contributed by atoms with Crippen LogP contribution in [-0.4, -0.2) is 13.7 Å². The molecule has 0 saturated carbocycles. The summed E-state index contributed by atoms with van der Waals surface area (Å²) in [6.07, 6.45) is 19.7. The third-order valence-electron chi connectivity index (χ3n) is 5.16. The van der Waals surface area contributed by atoms with E-state index in [0.29, 0.717) is 6.61 Å². The Balaban J connectivity index is 1.66. The molecule has 1 heterocycles. The molecule has 0 unspecified atom stereocenters. The third-order valence-corrected chi connectivity index (χ3v) is 5.16. The minimum atomic E-state index is 0.539. The van der Waals surface area contributed by atoms with Gasteiger partial charge < -0.3 is 9.64 Å². The van der Waals surface area contributed by atoms with Gasteiger partial charge in [0.2, 0.25) is 0 Å². The van der Waals surface area contributed by atoms with Crippen LogP contribution in [0, 0.1) is 0 Å². The zero-order valence-electron chi connectivity index (χ0n) is 16.7. The lowest BCUT2D eigenvalue weighted by Crippen LogP contribution is -2.14. The minimum Gasteiger partial charge on any atom is -0.488 e. The maximum absolute atomic E-state index is 6.13. The van der Waals surface area contributed by atoms with Gasteiger partial charge >= 0.3 is 0 Å². The van der Waals surface area contributed by atoms with Crippen molar-refractivity contribution in [3.63, 3.8) is 0 Å². The Hall–Kier alpha value is -3.52. The van der Waals surface area contributed by atoms with Crippen LogP contribution in [0.2, 0.25) is 0 Å². The maximum Gasteiger partial charge on any atom is 0.135 e. The summed E-state index contributed by atoms with van der Waals surface area (Å²) in [5.41, 5.74) is 6.54. The Kier molecular flexibility index (Phi) is 5.62. The second-order valence-electron chi connectivity index (χ2n) is 7.06. The van der Waals surface area contributed by atoms with Crippen molar-refractivity contribution in [3.8, 4) is 16.9 Å². The average molecular weight is 380 g/mol. The first kappa shape index (κ1) is 18.8. The molecule has 144 valence electrons. The summed E-state index contributed by atoms with van der Waals surface area (Å²) >= 11 is 0. The molecular weight excluding hydrogens is 354 g/mol. The summed E-state index contributed by atoms with van der Waals surface area (Å²) in [6, 6.07) is 14.9. The number of likely N-dealkylation sites (N-methyl/N-ethyl adjacent to an activating group) is 1. The van der Waals surface area contributed by atoms with E-state index in [4.69, 9.17) is 4.74 Å². The molecule has 0 radical (unpaired) electrons. The van der Waals surface area contributed by atoms with Crippen LogP contribution in [0.3, 0.4) is 0 Å². The summed E-state index contributed by atoms with van der Waals surface area (Å²) in [5, 5.41) is 0. The number of anilines is 1. The van der Waals surface area contributed by atoms with E-state index in [9.17, 15) is 0 Å². The van der Waals surface area contributed by atoms with E-state index in [1.165, 1.54) is 5.70 Å². The van der Waals surface area contributed by atoms with Gasteiger partial charge in [0.15, 0.2) is 0 Å². The van der Waals surface area contributed by atoms with Crippen molar-refractivity contribution in [1.82, 2.24) is 0 Å². The molecule has 0 N–H and O–H groups in total. The lowest BCUT2D eigenvalue weighted by atomic mass is 9.97. The highest BCUT2D eigenvalue weighted by Gasteiger charge is 2.14. The van der Waals surface area contributed by atoms with E-state index >= 15 is 0 Å². The van der Waals surface area contributed by atoms with Crippen LogP contribution in [0.1, 0.15) is 12.0 Å². The summed E-state index contributed by atoms with van der Waals surface area (Å²) in [7, 11) is 2.10. The van der Waals surface area contributed by atoms with Crippen LogP contribution in [0.4, 0.5) is 5.69 Å². The standard InChI is InChI=1S/C27H25NO/c1-21-11-6-5-9-20-29-27-25(21)14-10-15-26(27)22-16-18-24(19-17-22)28(2)23-12-7-3-4-8-13-23/h3-7,9-19H,1,8,20H2,2H3/b9-5-,11-6-. The lowest BCUT2D eigenvalue weighted by molar-refractivity contribution is 0.363. The number of benzene rings is 2. The van der Waals surface area contributed by atoms with Gasteiger partial charge in [0, 0.05) is 29.6 Å². The van der Waals surface area contributed by atoms with Gasteiger partial charge in [0.25, 0.3) is 0 Å². The van der Waals surface area contributed by atoms with Gasteiger partial charge in [-0.25, -0.2) is 0 Å². The van der Waals surface area contributed by atoms with Gasteiger partial charge in [0.1, 0.15) is 12.4 Å². The van der Waals surface area contributed by atoms with Crippen molar-refractivity contribution < 1.29 is 4.74 Å². The summed E-state index contributed by atoms with van der Waals surface area (Å²) in [4.78, 5) is 2.21. The molecule has 4 rings (SSSR count). The Morgan fingerprint density at radius 3 is 2.48 bits per heavy atom. The molecule has 0 saturated heterocycles. The molecule has 0 bridgehead atoms.